The van der Waals surface area contributed by atoms with Crippen LogP contribution in [-0.4, -0.2) is 42.6 Å². The molecule has 0 amide bonds. The summed E-state index contributed by atoms with van der Waals surface area (Å²) in [6, 6.07) is 9.51. The van der Waals surface area contributed by atoms with Crippen molar-refractivity contribution < 1.29 is 25.2 Å². The van der Waals surface area contributed by atoms with E-state index in [0.29, 0.717) is 0 Å². The monoisotopic (exact) mass is 334 g/mol. The standard InChI is InChI=1S/C13H18O6S2/c1-20(14,15)18-8-11-12(9-19-21(2,16)17)13(11)10-6-4-3-5-7-10/h3-7,11-13H,8-9H2,1-2H3/t11-,12+,13?. The van der Waals surface area contributed by atoms with Crippen molar-refractivity contribution in [3.05, 3.63) is 35.9 Å². The molecule has 1 aromatic rings. The second-order valence-electron chi connectivity index (χ2n) is 5.24. The van der Waals surface area contributed by atoms with Gasteiger partial charge in [-0.3, -0.25) is 8.37 Å². The fourth-order valence-corrected chi connectivity index (χ4v) is 3.28. The van der Waals surface area contributed by atoms with Crippen molar-refractivity contribution in [2.24, 2.45) is 11.8 Å². The van der Waals surface area contributed by atoms with Gasteiger partial charge in [0.1, 0.15) is 0 Å². The Balaban J connectivity index is 2.05. The summed E-state index contributed by atoms with van der Waals surface area (Å²) in [5.74, 6) is -0.0811. The Morgan fingerprint density at radius 1 is 0.857 bits per heavy atom. The van der Waals surface area contributed by atoms with Gasteiger partial charge in [0.15, 0.2) is 0 Å². The Labute approximate surface area is 125 Å². The van der Waals surface area contributed by atoms with Gasteiger partial charge in [0.25, 0.3) is 20.2 Å². The first-order valence-corrected chi connectivity index (χ1v) is 10.0. The van der Waals surface area contributed by atoms with Crippen LogP contribution in [0.2, 0.25) is 0 Å². The van der Waals surface area contributed by atoms with E-state index in [-0.39, 0.29) is 31.0 Å². The lowest BCUT2D eigenvalue weighted by Gasteiger charge is -2.01. The number of hydrogen-bond acceptors (Lipinski definition) is 6. The fraction of sp³-hybridized carbons (Fsp3) is 0.538. The topological polar surface area (TPSA) is 86.7 Å². The zero-order valence-electron chi connectivity index (χ0n) is 11.8. The number of hydrogen-bond donors (Lipinski definition) is 0. The maximum Gasteiger partial charge on any atom is 0.264 e. The molecule has 1 fully saturated rings. The van der Waals surface area contributed by atoms with E-state index in [9.17, 15) is 16.8 Å². The van der Waals surface area contributed by atoms with Gasteiger partial charge in [-0.05, 0) is 23.3 Å². The fourth-order valence-electron chi connectivity index (χ4n) is 2.47. The first-order chi connectivity index (χ1) is 9.67. The van der Waals surface area contributed by atoms with Crippen molar-refractivity contribution in [2.75, 3.05) is 25.7 Å². The maximum absolute atomic E-state index is 11.1. The smallest absolute Gasteiger partial charge is 0.264 e. The summed E-state index contributed by atoms with van der Waals surface area (Å²) in [6.07, 6.45) is 1.99. The van der Waals surface area contributed by atoms with Crippen LogP contribution < -0.4 is 0 Å². The molecule has 1 saturated carbocycles. The molecular formula is C13H18O6S2. The van der Waals surface area contributed by atoms with E-state index in [1.807, 2.05) is 30.3 Å². The second-order valence-corrected chi connectivity index (χ2v) is 8.53. The molecule has 0 bridgehead atoms. The van der Waals surface area contributed by atoms with E-state index in [1.165, 1.54) is 0 Å². The van der Waals surface area contributed by atoms with Gasteiger partial charge in [-0.25, -0.2) is 0 Å². The van der Waals surface area contributed by atoms with Crippen molar-refractivity contribution in [3.8, 4) is 0 Å². The molecule has 0 aromatic heterocycles. The lowest BCUT2D eigenvalue weighted by atomic mass is 10.1. The third-order valence-corrected chi connectivity index (χ3v) is 4.59. The van der Waals surface area contributed by atoms with E-state index in [0.717, 1.165) is 18.1 Å². The van der Waals surface area contributed by atoms with Crippen LogP contribution in [0.4, 0.5) is 0 Å². The van der Waals surface area contributed by atoms with Crippen LogP contribution in [0.15, 0.2) is 30.3 Å². The lowest BCUT2D eigenvalue weighted by Crippen LogP contribution is -2.09. The average molecular weight is 334 g/mol. The molecule has 118 valence electrons. The van der Waals surface area contributed by atoms with Crippen molar-refractivity contribution in [3.63, 3.8) is 0 Å². The summed E-state index contributed by atoms with van der Waals surface area (Å²) in [5.41, 5.74) is 1.03. The molecule has 0 heterocycles. The molecule has 0 spiro atoms. The summed E-state index contributed by atoms with van der Waals surface area (Å²) in [4.78, 5) is 0. The third kappa shape index (κ3) is 5.06. The van der Waals surface area contributed by atoms with Crippen LogP contribution in [0, 0.1) is 11.8 Å². The average Bonchev–Trinajstić information content (AvgIpc) is 3.07. The molecule has 1 aromatic carbocycles. The SMILES string of the molecule is CS(=O)(=O)OC[C@@H]1C(c2ccccc2)[C@@H]1COS(C)(=O)=O. The minimum Gasteiger partial charge on any atom is -0.270 e. The Morgan fingerprint density at radius 2 is 1.29 bits per heavy atom. The van der Waals surface area contributed by atoms with Crippen LogP contribution in [0.5, 0.6) is 0 Å². The minimum atomic E-state index is -3.51. The van der Waals surface area contributed by atoms with Gasteiger partial charge in [-0.2, -0.15) is 16.8 Å². The van der Waals surface area contributed by atoms with E-state index < -0.39 is 20.2 Å². The highest BCUT2D eigenvalue weighted by atomic mass is 32.2. The lowest BCUT2D eigenvalue weighted by molar-refractivity contribution is 0.264. The quantitative estimate of drug-likeness (QED) is 0.691. The molecule has 0 radical (unpaired) electrons. The van der Waals surface area contributed by atoms with Crippen LogP contribution in [0.3, 0.4) is 0 Å². The number of rotatable bonds is 7. The first-order valence-electron chi connectivity index (χ1n) is 6.41. The Bertz CT molecular complexity index is 639. The first kappa shape index (κ1) is 16.4. The molecule has 0 aliphatic heterocycles. The van der Waals surface area contributed by atoms with Crippen LogP contribution >= 0.6 is 0 Å². The third-order valence-electron chi connectivity index (χ3n) is 3.47. The Morgan fingerprint density at radius 3 is 1.67 bits per heavy atom. The van der Waals surface area contributed by atoms with Crippen molar-refractivity contribution in [1.82, 2.24) is 0 Å². The highest BCUT2D eigenvalue weighted by Gasteiger charge is 2.51. The Hall–Kier alpha value is -0.960. The zero-order chi connectivity index (χ0) is 15.7. The van der Waals surface area contributed by atoms with Gasteiger partial charge in [0.2, 0.25) is 0 Å². The van der Waals surface area contributed by atoms with E-state index >= 15 is 0 Å². The molecule has 0 saturated heterocycles. The van der Waals surface area contributed by atoms with Gasteiger partial charge in [-0.15, -0.1) is 0 Å². The summed E-state index contributed by atoms with van der Waals surface area (Å²) in [5, 5.41) is 0. The van der Waals surface area contributed by atoms with Crippen molar-refractivity contribution >= 4 is 20.2 Å². The predicted octanol–water partition coefficient (Wildman–Crippen LogP) is 0.969. The molecule has 1 unspecified atom stereocenters. The molecule has 6 nitrogen and oxygen atoms in total. The van der Waals surface area contributed by atoms with Crippen LogP contribution in [-0.2, 0) is 28.6 Å². The summed E-state index contributed by atoms with van der Waals surface area (Å²) >= 11 is 0. The van der Waals surface area contributed by atoms with Crippen molar-refractivity contribution in [2.45, 2.75) is 5.92 Å². The molecule has 1 aliphatic rings. The molecule has 21 heavy (non-hydrogen) atoms. The van der Waals surface area contributed by atoms with Gasteiger partial charge in [0, 0.05) is 0 Å². The molecule has 3 atom stereocenters. The second kappa shape index (κ2) is 6.04. The minimum absolute atomic E-state index is 0.0379. The predicted molar refractivity (Wildman–Crippen MR) is 77.8 cm³/mol. The molecular weight excluding hydrogens is 316 g/mol. The normalized spacial score (nSPS) is 25.7. The van der Waals surface area contributed by atoms with Crippen molar-refractivity contribution in [1.29, 1.82) is 0 Å². The van der Waals surface area contributed by atoms with E-state index in [1.54, 1.807) is 0 Å². The molecule has 0 N–H and O–H groups in total. The summed E-state index contributed by atoms with van der Waals surface area (Å²) in [7, 11) is -7.02. The van der Waals surface area contributed by atoms with Gasteiger partial charge >= 0.3 is 0 Å². The molecule has 1 aliphatic carbocycles. The molecule has 8 heteroatoms. The Kier molecular flexibility index (Phi) is 4.72. The maximum atomic E-state index is 11.1. The summed E-state index contributed by atoms with van der Waals surface area (Å²) in [6.45, 7) is 0.0758. The van der Waals surface area contributed by atoms with Crippen LogP contribution in [0.25, 0.3) is 0 Å². The van der Waals surface area contributed by atoms with E-state index in [4.69, 9.17) is 8.37 Å². The number of benzene rings is 1. The highest BCUT2D eigenvalue weighted by molar-refractivity contribution is 7.86. The largest absolute Gasteiger partial charge is 0.270 e. The van der Waals surface area contributed by atoms with Crippen LogP contribution in [0.1, 0.15) is 11.5 Å². The highest BCUT2D eigenvalue weighted by Crippen LogP contribution is 2.54. The van der Waals surface area contributed by atoms with Gasteiger partial charge in [-0.1, -0.05) is 30.3 Å². The van der Waals surface area contributed by atoms with E-state index in [2.05, 4.69) is 0 Å². The summed E-state index contributed by atoms with van der Waals surface area (Å²) < 4.78 is 54.0. The zero-order valence-corrected chi connectivity index (χ0v) is 13.4. The van der Waals surface area contributed by atoms with Gasteiger partial charge < -0.3 is 0 Å². The molecule has 2 rings (SSSR count). The van der Waals surface area contributed by atoms with Gasteiger partial charge in [0.05, 0.1) is 25.7 Å².